The van der Waals surface area contributed by atoms with Crippen molar-refractivity contribution in [2.45, 2.75) is 83.6 Å². The molecule has 0 atom stereocenters. The molecule has 4 rings (SSSR count). The van der Waals surface area contributed by atoms with Crippen LogP contribution in [0, 0.1) is 0 Å². The van der Waals surface area contributed by atoms with Crippen LogP contribution >= 0.6 is 15.9 Å². The van der Waals surface area contributed by atoms with E-state index in [9.17, 15) is 8.42 Å². The Kier molecular flexibility index (Phi) is 9.11. The van der Waals surface area contributed by atoms with Crippen LogP contribution in [0.5, 0.6) is 5.75 Å². The number of nitrogens with zero attached hydrogens (tertiary/aromatic N) is 2. The van der Waals surface area contributed by atoms with Crippen LogP contribution in [0.15, 0.2) is 47.1 Å². The van der Waals surface area contributed by atoms with Gasteiger partial charge in [-0.2, -0.15) is 8.42 Å². The van der Waals surface area contributed by atoms with Crippen LogP contribution in [0.1, 0.15) is 77.6 Å². The van der Waals surface area contributed by atoms with Gasteiger partial charge in [-0.15, -0.1) is 0 Å². The van der Waals surface area contributed by atoms with Crippen molar-refractivity contribution in [3.05, 3.63) is 47.1 Å². The van der Waals surface area contributed by atoms with Gasteiger partial charge in [0.2, 0.25) is 0 Å². The number of pyridine rings is 1. The number of nitrogens with one attached hydrogen (secondary N) is 1. The first-order chi connectivity index (χ1) is 17.0. The standard InChI is InChI=1S/C27H36BrN3O3S/c1-2-3-4-5-6-12-19-35(32,33)34-24-16-11-10-15-23(24)26-27(29-22-13-8-7-9-14-22)31-20-21(28)17-18-25(31)30-26/h10-11,15-18,20,22,29H,2-9,12-14,19H2,1H3. The fraction of sp³-hybridized carbons (Fsp3) is 0.519. The van der Waals surface area contributed by atoms with Gasteiger partial charge in [0.25, 0.3) is 0 Å². The molecule has 3 aromatic rings. The highest BCUT2D eigenvalue weighted by Crippen LogP contribution is 2.37. The van der Waals surface area contributed by atoms with Gasteiger partial charge in [-0.05, 0) is 59.5 Å². The quantitative estimate of drug-likeness (QED) is 0.182. The van der Waals surface area contributed by atoms with E-state index in [0.29, 0.717) is 29.5 Å². The van der Waals surface area contributed by atoms with Crippen LogP contribution in [0.3, 0.4) is 0 Å². The second-order valence-electron chi connectivity index (χ2n) is 9.47. The third-order valence-electron chi connectivity index (χ3n) is 6.64. The Bertz CT molecular complexity index is 1220. The Morgan fingerprint density at radius 2 is 1.77 bits per heavy atom. The van der Waals surface area contributed by atoms with E-state index in [1.807, 2.05) is 34.9 Å². The molecule has 0 radical (unpaired) electrons. The molecule has 0 bridgehead atoms. The van der Waals surface area contributed by atoms with Crippen molar-refractivity contribution >= 4 is 37.5 Å². The number of unbranched alkanes of at least 4 members (excludes halogenated alkanes) is 5. The predicted molar refractivity (Wildman–Crippen MR) is 147 cm³/mol. The van der Waals surface area contributed by atoms with Gasteiger partial charge in [0, 0.05) is 22.3 Å². The highest BCUT2D eigenvalue weighted by molar-refractivity contribution is 9.10. The van der Waals surface area contributed by atoms with Gasteiger partial charge in [-0.3, -0.25) is 4.40 Å². The monoisotopic (exact) mass is 561 g/mol. The minimum Gasteiger partial charge on any atom is -0.382 e. The number of imidazole rings is 1. The van der Waals surface area contributed by atoms with E-state index in [1.54, 1.807) is 12.1 Å². The summed E-state index contributed by atoms with van der Waals surface area (Å²) >= 11 is 3.57. The normalized spacial score (nSPS) is 14.9. The lowest BCUT2D eigenvalue weighted by Gasteiger charge is -2.24. The summed E-state index contributed by atoms with van der Waals surface area (Å²) in [6, 6.07) is 11.6. The maximum absolute atomic E-state index is 12.8. The van der Waals surface area contributed by atoms with Crippen LogP contribution < -0.4 is 9.50 Å². The van der Waals surface area contributed by atoms with E-state index in [2.05, 4.69) is 28.2 Å². The van der Waals surface area contributed by atoms with Crippen molar-refractivity contribution in [3.8, 4) is 17.0 Å². The number of para-hydroxylation sites is 1. The smallest absolute Gasteiger partial charge is 0.309 e. The van der Waals surface area contributed by atoms with E-state index in [-0.39, 0.29) is 5.75 Å². The maximum atomic E-state index is 12.8. The molecule has 190 valence electrons. The summed E-state index contributed by atoms with van der Waals surface area (Å²) in [5, 5.41) is 3.72. The third kappa shape index (κ3) is 7.00. The first-order valence-corrected chi connectivity index (χ1v) is 15.3. The zero-order chi connectivity index (χ0) is 24.7. The molecule has 0 saturated heterocycles. The van der Waals surface area contributed by atoms with Crippen molar-refractivity contribution < 1.29 is 12.6 Å². The highest BCUT2D eigenvalue weighted by atomic mass is 79.9. The van der Waals surface area contributed by atoms with E-state index in [0.717, 1.165) is 48.0 Å². The van der Waals surface area contributed by atoms with Crippen molar-refractivity contribution in [3.63, 3.8) is 0 Å². The molecule has 1 aliphatic rings. The van der Waals surface area contributed by atoms with E-state index < -0.39 is 10.1 Å². The van der Waals surface area contributed by atoms with E-state index in [1.165, 1.54) is 32.1 Å². The van der Waals surface area contributed by atoms with Crippen LogP contribution in [0.25, 0.3) is 16.9 Å². The van der Waals surface area contributed by atoms with Gasteiger partial charge in [0.1, 0.15) is 17.2 Å². The summed E-state index contributed by atoms with van der Waals surface area (Å²) in [7, 11) is -3.70. The number of hydrogen-bond acceptors (Lipinski definition) is 5. The molecular formula is C27H36BrN3O3S. The first-order valence-electron chi connectivity index (χ1n) is 12.9. The number of aromatic nitrogens is 2. The second kappa shape index (κ2) is 12.3. The Morgan fingerprint density at radius 1 is 1.03 bits per heavy atom. The molecule has 0 aliphatic heterocycles. The number of fused-ring (bicyclic) bond motifs is 1. The van der Waals surface area contributed by atoms with Crippen LogP contribution in [0.4, 0.5) is 5.82 Å². The van der Waals surface area contributed by atoms with Gasteiger partial charge in [0.05, 0.1) is 5.75 Å². The topological polar surface area (TPSA) is 72.7 Å². The molecule has 1 aromatic carbocycles. The summed E-state index contributed by atoms with van der Waals surface area (Å²) in [4.78, 5) is 4.89. The minimum atomic E-state index is -3.70. The van der Waals surface area contributed by atoms with Crippen molar-refractivity contribution in [1.82, 2.24) is 9.38 Å². The maximum Gasteiger partial charge on any atom is 0.309 e. The van der Waals surface area contributed by atoms with Gasteiger partial charge in [0.15, 0.2) is 5.75 Å². The molecule has 0 spiro atoms. The fourth-order valence-corrected chi connectivity index (χ4v) is 6.15. The van der Waals surface area contributed by atoms with E-state index in [4.69, 9.17) is 9.17 Å². The SMILES string of the molecule is CCCCCCCCS(=O)(=O)Oc1ccccc1-c1nc2ccc(Br)cn2c1NC1CCCCC1. The van der Waals surface area contributed by atoms with Gasteiger partial charge in [-0.1, -0.05) is 70.4 Å². The molecule has 2 aromatic heterocycles. The molecule has 6 nitrogen and oxygen atoms in total. The molecule has 1 aliphatic carbocycles. The van der Waals surface area contributed by atoms with Gasteiger partial charge < -0.3 is 9.50 Å². The average Bonchev–Trinajstić information content (AvgIpc) is 3.19. The second-order valence-corrected chi connectivity index (χ2v) is 12.1. The van der Waals surface area contributed by atoms with Crippen LogP contribution in [0.2, 0.25) is 0 Å². The molecular weight excluding hydrogens is 526 g/mol. The lowest BCUT2D eigenvalue weighted by Crippen LogP contribution is -2.23. The number of anilines is 1. The molecule has 35 heavy (non-hydrogen) atoms. The lowest BCUT2D eigenvalue weighted by atomic mass is 9.95. The molecule has 1 fully saturated rings. The molecule has 1 N–H and O–H groups in total. The van der Waals surface area contributed by atoms with Crippen molar-refractivity contribution in [1.29, 1.82) is 0 Å². The summed E-state index contributed by atoms with van der Waals surface area (Å²) in [6.07, 6.45) is 14.0. The molecule has 0 unspecified atom stereocenters. The fourth-order valence-electron chi connectivity index (χ4n) is 4.76. The highest BCUT2D eigenvalue weighted by Gasteiger charge is 2.23. The summed E-state index contributed by atoms with van der Waals surface area (Å²) in [5.74, 6) is 1.23. The van der Waals surface area contributed by atoms with E-state index >= 15 is 0 Å². The Morgan fingerprint density at radius 3 is 2.57 bits per heavy atom. The summed E-state index contributed by atoms with van der Waals surface area (Å²) in [5.41, 5.74) is 2.18. The lowest BCUT2D eigenvalue weighted by molar-refractivity contribution is 0.461. The molecule has 0 amide bonds. The minimum absolute atomic E-state index is 0.0265. The van der Waals surface area contributed by atoms with Gasteiger partial charge >= 0.3 is 10.1 Å². The largest absolute Gasteiger partial charge is 0.382 e. The Labute approximate surface area is 217 Å². The number of benzene rings is 1. The third-order valence-corrected chi connectivity index (χ3v) is 8.33. The Balaban J connectivity index is 1.60. The molecule has 1 saturated carbocycles. The number of hydrogen-bond donors (Lipinski definition) is 1. The molecule has 2 heterocycles. The average molecular weight is 563 g/mol. The van der Waals surface area contributed by atoms with Crippen molar-refractivity contribution in [2.75, 3.05) is 11.1 Å². The predicted octanol–water partition coefficient (Wildman–Crippen LogP) is 7.58. The number of halogens is 1. The van der Waals surface area contributed by atoms with Crippen LogP contribution in [-0.2, 0) is 10.1 Å². The first kappa shape index (κ1) is 26.0. The van der Waals surface area contributed by atoms with Crippen molar-refractivity contribution in [2.24, 2.45) is 0 Å². The summed E-state index contributed by atoms with van der Waals surface area (Å²) < 4.78 is 34.3. The van der Waals surface area contributed by atoms with Crippen LogP contribution in [-0.4, -0.2) is 29.6 Å². The summed E-state index contributed by atoms with van der Waals surface area (Å²) in [6.45, 7) is 2.17. The Hall–Kier alpha value is -2.06. The zero-order valence-electron chi connectivity index (χ0n) is 20.5. The van der Waals surface area contributed by atoms with Gasteiger partial charge in [-0.25, -0.2) is 4.98 Å². The number of rotatable bonds is 12. The zero-order valence-corrected chi connectivity index (χ0v) is 22.9. The molecule has 8 heteroatoms.